The maximum atomic E-state index is 12.2. The summed E-state index contributed by atoms with van der Waals surface area (Å²) in [6.07, 6.45) is 7.44. The molecule has 1 saturated heterocycles. The van der Waals surface area contributed by atoms with E-state index in [1.54, 1.807) is 6.26 Å². The van der Waals surface area contributed by atoms with E-state index in [1.165, 1.54) is 12.8 Å². The summed E-state index contributed by atoms with van der Waals surface area (Å²) in [5.74, 6) is 2.79. The van der Waals surface area contributed by atoms with Crippen molar-refractivity contribution >= 4 is 28.8 Å². The second kappa shape index (κ2) is 8.62. The van der Waals surface area contributed by atoms with E-state index < -0.39 is 11.2 Å². The third-order valence-electron chi connectivity index (χ3n) is 5.44. The van der Waals surface area contributed by atoms with Gasteiger partial charge in [-0.2, -0.15) is 0 Å². The minimum absolute atomic E-state index is 0.147. The molecule has 0 spiro atoms. The van der Waals surface area contributed by atoms with Gasteiger partial charge in [0.1, 0.15) is 5.75 Å². The van der Waals surface area contributed by atoms with Gasteiger partial charge in [0.05, 0.1) is 11.6 Å². The van der Waals surface area contributed by atoms with Gasteiger partial charge >= 0.3 is 0 Å². The average molecular weight is 374 g/mol. The highest BCUT2D eigenvalue weighted by Crippen LogP contribution is 2.44. The van der Waals surface area contributed by atoms with Crippen molar-refractivity contribution in [2.24, 2.45) is 29.4 Å². The number of carbonyl (C=O) groups excluding carboxylic acids is 1. The lowest BCUT2D eigenvalue weighted by Gasteiger charge is -2.25. The molecule has 4 unspecified atom stereocenters. The third-order valence-corrected chi connectivity index (χ3v) is 7.95. The molecule has 24 heavy (non-hydrogen) atoms. The van der Waals surface area contributed by atoms with Crippen molar-refractivity contribution in [2.75, 3.05) is 31.6 Å². The predicted octanol–water partition coefficient (Wildman–Crippen LogP) is 0.913. The molecule has 3 fully saturated rings. The summed E-state index contributed by atoms with van der Waals surface area (Å²) in [4.78, 5) is 12.2. The molecule has 5 nitrogen and oxygen atoms in total. The first-order valence-electron chi connectivity index (χ1n) is 9.25. The Hall–Kier alpha value is 0.0500. The molecule has 2 saturated carbocycles. The van der Waals surface area contributed by atoms with Crippen molar-refractivity contribution in [3.05, 3.63) is 0 Å². The van der Waals surface area contributed by atoms with Crippen LogP contribution in [0.5, 0.6) is 0 Å². The van der Waals surface area contributed by atoms with Crippen LogP contribution in [-0.4, -0.2) is 52.7 Å². The van der Waals surface area contributed by atoms with E-state index in [0.717, 1.165) is 44.0 Å². The van der Waals surface area contributed by atoms with Gasteiger partial charge in [-0.3, -0.25) is 4.79 Å². The van der Waals surface area contributed by atoms with Crippen LogP contribution < -0.4 is 16.4 Å². The molecule has 2 aliphatic carbocycles. The van der Waals surface area contributed by atoms with Crippen LogP contribution in [0.25, 0.3) is 0 Å². The average Bonchev–Trinajstić information content (AvgIpc) is 3.43. The lowest BCUT2D eigenvalue weighted by Crippen LogP contribution is -2.44. The fourth-order valence-corrected chi connectivity index (χ4v) is 6.12. The first-order valence-corrected chi connectivity index (χ1v) is 11.9. The van der Waals surface area contributed by atoms with Crippen molar-refractivity contribution in [2.45, 2.75) is 42.7 Å². The SMILES string of the molecule is C[S+]([O-])CC[C@@H]1SC(NC(=O)C2CC2)C(CNCC2CC2)C1CN. The van der Waals surface area contributed by atoms with Gasteiger partial charge < -0.3 is 20.9 Å². The Balaban J connectivity index is 1.58. The Morgan fingerprint density at radius 1 is 1.25 bits per heavy atom. The zero-order valence-corrected chi connectivity index (χ0v) is 16.2. The van der Waals surface area contributed by atoms with Crippen LogP contribution in [0.3, 0.4) is 0 Å². The van der Waals surface area contributed by atoms with E-state index >= 15 is 0 Å². The molecule has 3 rings (SSSR count). The van der Waals surface area contributed by atoms with Crippen molar-refractivity contribution in [1.82, 2.24) is 10.6 Å². The minimum Gasteiger partial charge on any atom is -0.617 e. The van der Waals surface area contributed by atoms with Crippen molar-refractivity contribution in [3.8, 4) is 0 Å². The molecule has 0 aromatic carbocycles. The highest BCUT2D eigenvalue weighted by molar-refractivity contribution is 8.00. The van der Waals surface area contributed by atoms with Crippen molar-refractivity contribution < 1.29 is 9.35 Å². The topological polar surface area (TPSA) is 90.2 Å². The second-order valence-corrected chi connectivity index (χ2v) is 10.5. The fourth-order valence-electron chi connectivity index (χ4n) is 3.56. The quantitative estimate of drug-likeness (QED) is 0.495. The molecular weight excluding hydrogens is 342 g/mol. The molecule has 0 aromatic heterocycles. The number of hydrogen-bond donors (Lipinski definition) is 3. The number of carbonyl (C=O) groups is 1. The molecule has 1 heterocycles. The molecule has 0 radical (unpaired) electrons. The number of amides is 1. The highest BCUT2D eigenvalue weighted by Gasteiger charge is 2.45. The Kier molecular flexibility index (Phi) is 6.77. The zero-order valence-electron chi connectivity index (χ0n) is 14.5. The first-order chi connectivity index (χ1) is 11.6. The summed E-state index contributed by atoms with van der Waals surface area (Å²) in [5, 5.41) is 7.43. The third kappa shape index (κ3) is 5.27. The maximum absolute atomic E-state index is 12.2. The van der Waals surface area contributed by atoms with Crippen LogP contribution in [0.4, 0.5) is 0 Å². The van der Waals surface area contributed by atoms with Crippen LogP contribution in [0, 0.1) is 23.7 Å². The maximum Gasteiger partial charge on any atom is 0.223 e. The summed E-state index contributed by atoms with van der Waals surface area (Å²) in [6, 6.07) is 0. The molecule has 3 aliphatic rings. The van der Waals surface area contributed by atoms with Gasteiger partial charge in [-0.25, -0.2) is 0 Å². The molecule has 7 heteroatoms. The van der Waals surface area contributed by atoms with Gasteiger partial charge in [-0.15, -0.1) is 11.8 Å². The standard InChI is InChI=1S/C17H31N3O2S2/c1-24(22)7-6-15-13(8-18)14(10-19-9-11-2-3-11)17(23-15)20-16(21)12-4-5-12/h11-15,17,19H,2-10,18H2,1H3,(H,20,21)/t13?,14?,15-,17?,24?/m0/s1. The first kappa shape index (κ1) is 18.8. The minimum atomic E-state index is -0.769. The summed E-state index contributed by atoms with van der Waals surface area (Å²) in [7, 11) is 0. The Bertz CT molecular complexity index is 430. The molecule has 0 bridgehead atoms. The highest BCUT2D eigenvalue weighted by atomic mass is 32.2. The molecule has 0 aromatic rings. The fraction of sp³-hybridized carbons (Fsp3) is 0.941. The lowest BCUT2D eigenvalue weighted by molar-refractivity contribution is -0.122. The summed E-state index contributed by atoms with van der Waals surface area (Å²) >= 11 is 1.09. The Morgan fingerprint density at radius 3 is 2.58 bits per heavy atom. The van der Waals surface area contributed by atoms with Crippen LogP contribution in [-0.2, 0) is 16.0 Å². The van der Waals surface area contributed by atoms with Gasteiger partial charge in [-0.1, -0.05) is 11.2 Å². The Labute approximate surface area is 152 Å². The van der Waals surface area contributed by atoms with Gasteiger partial charge in [0.2, 0.25) is 5.91 Å². The normalized spacial score (nSPS) is 34.3. The smallest absolute Gasteiger partial charge is 0.223 e. The van der Waals surface area contributed by atoms with Gasteiger partial charge in [-0.05, 0) is 50.6 Å². The monoisotopic (exact) mass is 373 g/mol. The largest absolute Gasteiger partial charge is 0.617 e. The van der Waals surface area contributed by atoms with Crippen molar-refractivity contribution in [1.29, 1.82) is 0 Å². The number of nitrogens with one attached hydrogen (secondary N) is 2. The lowest BCUT2D eigenvalue weighted by atomic mass is 9.88. The van der Waals surface area contributed by atoms with Crippen LogP contribution in [0.1, 0.15) is 32.1 Å². The number of nitrogens with two attached hydrogens (primary N) is 1. The zero-order chi connectivity index (χ0) is 17.1. The van der Waals surface area contributed by atoms with Gasteiger partial charge in [0.25, 0.3) is 0 Å². The Morgan fingerprint density at radius 2 is 2.00 bits per heavy atom. The molecule has 1 amide bonds. The van der Waals surface area contributed by atoms with Gasteiger partial charge in [0, 0.05) is 30.1 Å². The van der Waals surface area contributed by atoms with E-state index in [-0.39, 0.29) is 17.2 Å². The van der Waals surface area contributed by atoms with Crippen LogP contribution in [0.2, 0.25) is 0 Å². The molecule has 5 atom stereocenters. The molecule has 138 valence electrons. The number of rotatable bonds is 10. The molecule has 4 N–H and O–H groups in total. The number of thioether (sulfide) groups is 1. The van der Waals surface area contributed by atoms with Crippen molar-refractivity contribution in [3.63, 3.8) is 0 Å². The summed E-state index contributed by atoms with van der Waals surface area (Å²) in [6.45, 7) is 2.65. The van der Waals surface area contributed by atoms with Crippen LogP contribution >= 0.6 is 11.8 Å². The van der Waals surface area contributed by atoms with E-state index in [9.17, 15) is 9.35 Å². The summed E-state index contributed by atoms with van der Waals surface area (Å²) in [5.41, 5.74) is 6.10. The van der Waals surface area contributed by atoms with E-state index in [0.29, 0.717) is 23.6 Å². The van der Waals surface area contributed by atoms with Gasteiger partial charge in [0.15, 0.2) is 0 Å². The molecule has 1 aliphatic heterocycles. The number of hydrogen-bond acceptors (Lipinski definition) is 5. The summed E-state index contributed by atoms with van der Waals surface area (Å²) < 4.78 is 11.5. The van der Waals surface area contributed by atoms with E-state index in [4.69, 9.17) is 5.73 Å². The molecular formula is C17H31N3O2S2. The van der Waals surface area contributed by atoms with E-state index in [1.807, 2.05) is 11.8 Å². The second-order valence-electron chi connectivity index (χ2n) is 7.61. The van der Waals surface area contributed by atoms with E-state index in [2.05, 4.69) is 10.6 Å². The van der Waals surface area contributed by atoms with Crippen LogP contribution in [0.15, 0.2) is 0 Å². The predicted molar refractivity (Wildman–Crippen MR) is 101 cm³/mol.